The predicted molar refractivity (Wildman–Crippen MR) is 256 cm³/mol. The van der Waals surface area contributed by atoms with E-state index in [4.69, 9.17) is 15.0 Å². The molecule has 0 fully saturated rings. The van der Waals surface area contributed by atoms with Gasteiger partial charge < -0.3 is 4.57 Å². The van der Waals surface area contributed by atoms with E-state index >= 15 is 0 Å². The van der Waals surface area contributed by atoms with Gasteiger partial charge in [0.15, 0.2) is 5.82 Å². The van der Waals surface area contributed by atoms with Crippen molar-refractivity contribution in [3.8, 4) is 62.0 Å². The molecule has 288 valence electrons. The van der Waals surface area contributed by atoms with Crippen LogP contribution in [0.1, 0.15) is 18.2 Å². The van der Waals surface area contributed by atoms with Crippen molar-refractivity contribution in [3.63, 3.8) is 0 Å². The number of hydrogen-bond donors (Lipinski definition) is 0. The Bertz CT molecular complexity index is 3510. The van der Waals surface area contributed by atoms with Crippen molar-refractivity contribution in [2.24, 2.45) is 5.92 Å². The summed E-state index contributed by atoms with van der Waals surface area (Å²) in [5.41, 5.74) is 15.3. The Morgan fingerprint density at radius 2 is 1.20 bits per heavy atom. The van der Waals surface area contributed by atoms with Gasteiger partial charge in [-0.05, 0) is 59.9 Å². The minimum Gasteiger partial charge on any atom is -0.312 e. The molecule has 4 heterocycles. The zero-order valence-electron chi connectivity index (χ0n) is 33.5. The molecule has 1 aliphatic carbocycles. The quantitative estimate of drug-likeness (QED) is 0.168. The maximum Gasteiger partial charge on any atom is 0.160 e. The SMILES string of the molecule is CC1C=Cc2c(n(-c3ccc(-c4cc(-c5cccc(-c6cccc7c6sc6ccccc67)c5)nc(-c5ccccc5)n4)cc3)c3c2c(-c2ccccc2)nc2ccccc23)C1. The molecular weight excluding hydrogens is 761 g/mol. The molecule has 5 heteroatoms. The molecule has 0 N–H and O–H groups in total. The highest BCUT2D eigenvalue weighted by Crippen LogP contribution is 2.44. The number of fused-ring (bicyclic) bond motifs is 8. The fourth-order valence-corrected chi connectivity index (χ4v) is 10.5. The largest absolute Gasteiger partial charge is 0.312 e. The maximum atomic E-state index is 5.31. The summed E-state index contributed by atoms with van der Waals surface area (Å²) in [4.78, 5) is 15.7. The Labute approximate surface area is 357 Å². The number of rotatable bonds is 6. The average Bonchev–Trinajstić information content (AvgIpc) is 3.88. The number of thiophene rings is 1. The van der Waals surface area contributed by atoms with Crippen LogP contribution in [-0.4, -0.2) is 19.5 Å². The topological polar surface area (TPSA) is 43.6 Å². The van der Waals surface area contributed by atoms with Crippen molar-refractivity contribution in [2.75, 3.05) is 0 Å². The number of hydrogen-bond acceptors (Lipinski definition) is 4. The highest BCUT2D eigenvalue weighted by Gasteiger charge is 2.26. The van der Waals surface area contributed by atoms with E-state index < -0.39 is 0 Å². The van der Waals surface area contributed by atoms with Crippen LogP contribution in [0.5, 0.6) is 0 Å². The molecule has 4 nitrogen and oxygen atoms in total. The Balaban J connectivity index is 1.01. The smallest absolute Gasteiger partial charge is 0.160 e. The highest BCUT2D eigenvalue weighted by molar-refractivity contribution is 7.26. The van der Waals surface area contributed by atoms with E-state index in [1.54, 1.807) is 0 Å². The first-order valence-electron chi connectivity index (χ1n) is 20.9. The van der Waals surface area contributed by atoms with E-state index in [1.165, 1.54) is 53.5 Å². The number of allylic oxidation sites excluding steroid dienone is 1. The van der Waals surface area contributed by atoms with Gasteiger partial charge in [0.1, 0.15) is 0 Å². The second-order valence-electron chi connectivity index (χ2n) is 16.0. The second-order valence-corrected chi connectivity index (χ2v) is 17.1. The Morgan fingerprint density at radius 3 is 2.02 bits per heavy atom. The van der Waals surface area contributed by atoms with Crippen LogP contribution in [0, 0.1) is 5.92 Å². The lowest BCUT2D eigenvalue weighted by Crippen LogP contribution is -2.08. The lowest BCUT2D eigenvalue weighted by molar-refractivity contribution is 0.691. The van der Waals surface area contributed by atoms with E-state index in [2.05, 4.69) is 187 Å². The van der Waals surface area contributed by atoms with Crippen LogP contribution in [0.4, 0.5) is 0 Å². The molecule has 0 bridgehead atoms. The molecular formula is C56H38N4S. The van der Waals surface area contributed by atoms with Crippen molar-refractivity contribution in [1.29, 1.82) is 0 Å². The Hall–Kier alpha value is -7.47. The molecule has 12 rings (SSSR count). The number of aromatic nitrogens is 4. The number of nitrogens with zero attached hydrogens (tertiary/aromatic N) is 4. The molecule has 0 amide bonds. The van der Waals surface area contributed by atoms with E-state index in [-0.39, 0.29) is 0 Å². The third-order valence-electron chi connectivity index (χ3n) is 12.1. The monoisotopic (exact) mass is 798 g/mol. The summed E-state index contributed by atoms with van der Waals surface area (Å²) in [5.74, 6) is 1.12. The molecule has 4 aromatic heterocycles. The molecule has 0 saturated carbocycles. The van der Waals surface area contributed by atoms with Gasteiger partial charge in [0.2, 0.25) is 0 Å². The molecule has 1 aliphatic rings. The molecule has 61 heavy (non-hydrogen) atoms. The van der Waals surface area contributed by atoms with Gasteiger partial charge in [-0.25, -0.2) is 15.0 Å². The predicted octanol–water partition coefficient (Wildman–Crippen LogP) is 14.9. The van der Waals surface area contributed by atoms with Crippen molar-refractivity contribution >= 4 is 59.4 Å². The molecule has 7 aromatic carbocycles. The fourth-order valence-electron chi connectivity index (χ4n) is 9.25. The Kier molecular flexibility index (Phi) is 8.36. The molecule has 0 radical (unpaired) electrons. The number of pyridine rings is 1. The van der Waals surface area contributed by atoms with Gasteiger partial charge in [-0.2, -0.15) is 0 Å². The molecule has 1 atom stereocenters. The third-order valence-corrected chi connectivity index (χ3v) is 13.4. The molecule has 11 aromatic rings. The van der Waals surface area contributed by atoms with E-state index in [0.29, 0.717) is 11.7 Å². The summed E-state index contributed by atoms with van der Waals surface area (Å²) in [6.45, 7) is 2.30. The minimum absolute atomic E-state index is 0.418. The average molecular weight is 799 g/mol. The summed E-state index contributed by atoms with van der Waals surface area (Å²) in [6, 6.07) is 64.7. The standard InChI is InChI=1S/C56H38N4S/c1-35-26-31-46-50(32-35)60(54-45-21-8-10-24-47(45)57-53(52(46)54)37-14-4-2-5-15-37)41-29-27-36(28-30-41)48-34-49(59-56(58-48)38-16-6-3-7-17-38)40-19-12-18-39(33-40)42-22-13-23-44-43-20-9-11-25-51(43)61-55(42)44/h2-31,33-35H,32H2,1H3. The summed E-state index contributed by atoms with van der Waals surface area (Å²) in [7, 11) is 0. The zero-order chi connectivity index (χ0) is 40.4. The van der Waals surface area contributed by atoms with Crippen LogP contribution in [0.15, 0.2) is 188 Å². The number of benzene rings is 7. The van der Waals surface area contributed by atoms with E-state index in [1.807, 2.05) is 29.5 Å². The van der Waals surface area contributed by atoms with Crippen LogP contribution >= 0.6 is 11.3 Å². The van der Waals surface area contributed by atoms with Gasteiger partial charge in [0, 0.05) is 70.1 Å². The highest BCUT2D eigenvalue weighted by atomic mass is 32.1. The molecule has 1 unspecified atom stereocenters. The van der Waals surface area contributed by atoms with Crippen LogP contribution < -0.4 is 0 Å². The first-order valence-corrected chi connectivity index (χ1v) is 21.7. The van der Waals surface area contributed by atoms with E-state index in [9.17, 15) is 0 Å². The van der Waals surface area contributed by atoms with Gasteiger partial charge in [0.05, 0.1) is 28.1 Å². The lowest BCUT2D eigenvalue weighted by Gasteiger charge is -2.18. The first kappa shape index (κ1) is 35.5. The van der Waals surface area contributed by atoms with Crippen LogP contribution in [0.25, 0.3) is 110 Å². The van der Waals surface area contributed by atoms with Crippen LogP contribution in [0.2, 0.25) is 0 Å². The molecule has 0 spiro atoms. The maximum absolute atomic E-state index is 5.31. The second kappa shape index (κ2) is 14.4. The summed E-state index contributed by atoms with van der Waals surface area (Å²) >= 11 is 1.86. The molecule has 0 aliphatic heterocycles. The van der Waals surface area contributed by atoms with Crippen molar-refractivity contribution in [1.82, 2.24) is 19.5 Å². The lowest BCUT2D eigenvalue weighted by atomic mass is 9.93. The fraction of sp³-hybridized carbons (Fsp3) is 0.0536. The third kappa shape index (κ3) is 6.00. The van der Waals surface area contributed by atoms with Crippen LogP contribution in [-0.2, 0) is 6.42 Å². The van der Waals surface area contributed by atoms with Crippen molar-refractivity contribution < 1.29 is 0 Å². The van der Waals surface area contributed by atoms with E-state index in [0.717, 1.165) is 62.3 Å². The Morgan fingerprint density at radius 1 is 0.541 bits per heavy atom. The normalized spacial score (nSPS) is 13.7. The van der Waals surface area contributed by atoms with Gasteiger partial charge in [-0.15, -0.1) is 11.3 Å². The zero-order valence-corrected chi connectivity index (χ0v) is 34.3. The van der Waals surface area contributed by atoms with Gasteiger partial charge in [-0.3, -0.25) is 0 Å². The summed E-state index contributed by atoms with van der Waals surface area (Å²) in [5, 5.41) is 4.95. The molecule has 0 saturated heterocycles. The summed E-state index contributed by atoms with van der Waals surface area (Å²) in [6.07, 6.45) is 5.61. The first-order chi connectivity index (χ1) is 30.1. The summed E-state index contributed by atoms with van der Waals surface area (Å²) < 4.78 is 5.10. The van der Waals surface area contributed by atoms with Gasteiger partial charge >= 0.3 is 0 Å². The van der Waals surface area contributed by atoms with Gasteiger partial charge in [0.25, 0.3) is 0 Å². The van der Waals surface area contributed by atoms with Crippen molar-refractivity contribution in [2.45, 2.75) is 13.3 Å². The van der Waals surface area contributed by atoms with Crippen molar-refractivity contribution in [3.05, 3.63) is 199 Å². The van der Waals surface area contributed by atoms with Crippen LogP contribution in [0.3, 0.4) is 0 Å². The number of para-hydroxylation sites is 1. The minimum atomic E-state index is 0.418. The van der Waals surface area contributed by atoms with Gasteiger partial charge in [-0.1, -0.05) is 165 Å².